The second kappa shape index (κ2) is 6.75. The van der Waals surface area contributed by atoms with Crippen LogP contribution in [0.25, 0.3) is 0 Å². The van der Waals surface area contributed by atoms with Gasteiger partial charge in [0.15, 0.2) is 0 Å². The molecule has 4 nitrogen and oxygen atoms in total. The van der Waals surface area contributed by atoms with Gasteiger partial charge in [0.05, 0.1) is 6.10 Å². The molecular formula is C17H23FN2O2. The Balaban J connectivity index is 1.69. The number of piperidine rings is 1. The fraction of sp³-hybridized carbons (Fsp3) is 0.588. The van der Waals surface area contributed by atoms with Crippen molar-refractivity contribution >= 4 is 5.91 Å². The lowest BCUT2D eigenvalue weighted by Gasteiger charge is -2.44. The smallest absolute Gasteiger partial charge is 0.223 e. The Labute approximate surface area is 130 Å². The van der Waals surface area contributed by atoms with E-state index in [4.69, 9.17) is 4.74 Å². The van der Waals surface area contributed by atoms with E-state index in [1.165, 1.54) is 6.07 Å². The molecule has 0 radical (unpaired) electrons. The largest absolute Gasteiger partial charge is 0.378 e. The molecule has 22 heavy (non-hydrogen) atoms. The number of nitrogens with one attached hydrogen (secondary N) is 1. The topological polar surface area (TPSA) is 41.6 Å². The molecule has 120 valence electrons. The van der Waals surface area contributed by atoms with Gasteiger partial charge >= 0.3 is 0 Å². The van der Waals surface area contributed by atoms with Crippen LogP contribution < -0.4 is 5.32 Å². The minimum atomic E-state index is -0.160. The van der Waals surface area contributed by atoms with Gasteiger partial charge in [-0.1, -0.05) is 18.2 Å². The van der Waals surface area contributed by atoms with Crippen LogP contribution in [0, 0.1) is 17.7 Å². The van der Waals surface area contributed by atoms with Crippen LogP contribution >= 0.6 is 0 Å². The molecule has 5 heteroatoms. The Morgan fingerprint density at radius 2 is 2.23 bits per heavy atom. The highest BCUT2D eigenvalue weighted by molar-refractivity contribution is 5.78. The minimum Gasteiger partial charge on any atom is -0.378 e. The van der Waals surface area contributed by atoms with Crippen LogP contribution in [0.3, 0.4) is 0 Å². The number of ether oxygens (including phenoxy) is 1. The molecule has 0 aromatic heterocycles. The van der Waals surface area contributed by atoms with Gasteiger partial charge in [-0.25, -0.2) is 4.39 Å². The van der Waals surface area contributed by atoms with Crippen molar-refractivity contribution in [2.75, 3.05) is 26.7 Å². The SMILES string of the molecule is CNC(=O)[C@@H]1CCO[C@@H]2CCN(Cc3ccccc3F)C[C@H]21. The molecule has 2 fully saturated rings. The number of halogens is 1. The molecule has 1 amide bonds. The van der Waals surface area contributed by atoms with Gasteiger partial charge < -0.3 is 10.1 Å². The molecule has 0 bridgehead atoms. The highest BCUT2D eigenvalue weighted by Gasteiger charge is 2.41. The van der Waals surface area contributed by atoms with Crippen molar-refractivity contribution in [1.82, 2.24) is 10.2 Å². The highest BCUT2D eigenvalue weighted by Crippen LogP contribution is 2.33. The van der Waals surface area contributed by atoms with E-state index < -0.39 is 0 Å². The molecule has 0 aliphatic carbocycles. The fourth-order valence-corrected chi connectivity index (χ4v) is 3.71. The number of hydrogen-bond donors (Lipinski definition) is 1. The third-order valence-corrected chi connectivity index (χ3v) is 4.89. The molecule has 2 saturated heterocycles. The number of hydrogen-bond acceptors (Lipinski definition) is 3. The quantitative estimate of drug-likeness (QED) is 0.926. The van der Waals surface area contributed by atoms with Crippen LogP contribution in [-0.4, -0.2) is 43.7 Å². The monoisotopic (exact) mass is 306 g/mol. The van der Waals surface area contributed by atoms with Gasteiger partial charge in [0.2, 0.25) is 5.91 Å². The molecule has 0 saturated carbocycles. The summed E-state index contributed by atoms with van der Waals surface area (Å²) in [6, 6.07) is 6.90. The van der Waals surface area contributed by atoms with Crippen molar-refractivity contribution < 1.29 is 13.9 Å². The van der Waals surface area contributed by atoms with Gasteiger partial charge in [-0.15, -0.1) is 0 Å². The van der Waals surface area contributed by atoms with Crippen LogP contribution in [0.4, 0.5) is 4.39 Å². The zero-order chi connectivity index (χ0) is 15.5. The maximum Gasteiger partial charge on any atom is 0.223 e. The lowest BCUT2D eigenvalue weighted by atomic mass is 9.79. The number of carbonyl (C=O) groups excluding carboxylic acids is 1. The van der Waals surface area contributed by atoms with Gasteiger partial charge in [0.25, 0.3) is 0 Å². The number of carbonyl (C=O) groups is 1. The van der Waals surface area contributed by atoms with Gasteiger partial charge in [-0.2, -0.15) is 0 Å². The van der Waals surface area contributed by atoms with E-state index in [0.717, 1.165) is 25.9 Å². The van der Waals surface area contributed by atoms with E-state index in [-0.39, 0.29) is 29.7 Å². The van der Waals surface area contributed by atoms with Gasteiger partial charge in [0, 0.05) is 50.7 Å². The number of fused-ring (bicyclic) bond motifs is 1. The first-order valence-corrected chi connectivity index (χ1v) is 7.98. The second-order valence-electron chi connectivity index (χ2n) is 6.20. The van der Waals surface area contributed by atoms with E-state index in [1.54, 1.807) is 13.1 Å². The Kier molecular flexibility index (Phi) is 4.74. The summed E-state index contributed by atoms with van der Waals surface area (Å²) < 4.78 is 19.7. The van der Waals surface area contributed by atoms with Gasteiger partial charge in [-0.05, 0) is 18.9 Å². The average Bonchev–Trinajstić information content (AvgIpc) is 2.55. The number of amides is 1. The zero-order valence-electron chi connectivity index (χ0n) is 12.9. The summed E-state index contributed by atoms with van der Waals surface area (Å²) in [6.07, 6.45) is 1.84. The summed E-state index contributed by atoms with van der Waals surface area (Å²) in [5.74, 6) is 0.153. The zero-order valence-corrected chi connectivity index (χ0v) is 12.9. The Morgan fingerprint density at radius 3 is 3.00 bits per heavy atom. The number of rotatable bonds is 3. The van der Waals surface area contributed by atoms with Gasteiger partial charge in [0.1, 0.15) is 5.82 Å². The normalized spacial score (nSPS) is 28.9. The van der Waals surface area contributed by atoms with Crippen molar-refractivity contribution in [2.45, 2.75) is 25.5 Å². The predicted octanol–water partition coefficient (Wildman–Crippen LogP) is 1.80. The van der Waals surface area contributed by atoms with Crippen LogP contribution in [0.5, 0.6) is 0 Å². The molecule has 1 N–H and O–H groups in total. The summed E-state index contributed by atoms with van der Waals surface area (Å²) in [7, 11) is 1.69. The van der Waals surface area contributed by atoms with E-state index >= 15 is 0 Å². The molecule has 1 aromatic rings. The molecule has 3 rings (SSSR count). The van der Waals surface area contributed by atoms with Crippen molar-refractivity contribution in [3.63, 3.8) is 0 Å². The molecule has 1 aromatic carbocycles. The standard InChI is InChI=1S/C17H23FN2O2/c1-19-17(21)13-7-9-22-16-6-8-20(11-14(13)16)10-12-4-2-3-5-15(12)18/h2-5,13-14,16H,6-11H2,1H3,(H,19,21)/t13-,14+,16-/m1/s1. The molecule has 2 heterocycles. The van der Waals surface area contributed by atoms with E-state index in [2.05, 4.69) is 10.2 Å². The maximum absolute atomic E-state index is 13.8. The Morgan fingerprint density at radius 1 is 1.41 bits per heavy atom. The van der Waals surface area contributed by atoms with Crippen LogP contribution in [0.2, 0.25) is 0 Å². The third kappa shape index (κ3) is 3.15. The third-order valence-electron chi connectivity index (χ3n) is 4.89. The highest BCUT2D eigenvalue weighted by atomic mass is 19.1. The van der Waals surface area contributed by atoms with Crippen LogP contribution in [-0.2, 0) is 16.1 Å². The van der Waals surface area contributed by atoms with Crippen molar-refractivity contribution in [3.05, 3.63) is 35.6 Å². The molecule has 2 aliphatic heterocycles. The fourth-order valence-electron chi connectivity index (χ4n) is 3.71. The van der Waals surface area contributed by atoms with E-state index in [9.17, 15) is 9.18 Å². The summed E-state index contributed by atoms with van der Waals surface area (Å²) in [5.41, 5.74) is 0.717. The lowest BCUT2D eigenvalue weighted by molar-refractivity contribution is -0.141. The maximum atomic E-state index is 13.8. The van der Waals surface area contributed by atoms with Crippen molar-refractivity contribution in [2.24, 2.45) is 11.8 Å². The first kappa shape index (κ1) is 15.4. The summed E-state index contributed by atoms with van der Waals surface area (Å²) in [5, 5.41) is 2.77. The average molecular weight is 306 g/mol. The summed E-state index contributed by atoms with van der Waals surface area (Å²) in [6.45, 7) is 2.93. The number of benzene rings is 1. The molecular weight excluding hydrogens is 283 g/mol. The Hall–Kier alpha value is -1.46. The van der Waals surface area contributed by atoms with E-state index in [1.807, 2.05) is 12.1 Å². The number of likely N-dealkylation sites (tertiary alicyclic amines) is 1. The van der Waals surface area contributed by atoms with Crippen LogP contribution in [0.1, 0.15) is 18.4 Å². The first-order valence-electron chi connectivity index (χ1n) is 7.98. The molecule has 0 unspecified atom stereocenters. The minimum absolute atomic E-state index is 0.00664. The van der Waals surface area contributed by atoms with Crippen molar-refractivity contribution in [1.29, 1.82) is 0 Å². The van der Waals surface area contributed by atoms with Gasteiger partial charge in [-0.3, -0.25) is 9.69 Å². The molecule has 0 spiro atoms. The van der Waals surface area contributed by atoms with Crippen molar-refractivity contribution in [3.8, 4) is 0 Å². The summed E-state index contributed by atoms with van der Waals surface area (Å²) >= 11 is 0. The Bertz CT molecular complexity index is 537. The molecule has 3 atom stereocenters. The predicted molar refractivity (Wildman–Crippen MR) is 81.7 cm³/mol. The summed E-state index contributed by atoms with van der Waals surface area (Å²) in [4.78, 5) is 14.3. The van der Waals surface area contributed by atoms with Crippen LogP contribution in [0.15, 0.2) is 24.3 Å². The second-order valence-corrected chi connectivity index (χ2v) is 6.20. The first-order chi connectivity index (χ1) is 10.7. The lowest BCUT2D eigenvalue weighted by Crippen LogP contribution is -2.52. The molecule has 2 aliphatic rings. The number of nitrogens with zero attached hydrogens (tertiary/aromatic N) is 1. The van der Waals surface area contributed by atoms with E-state index in [0.29, 0.717) is 18.7 Å².